The maximum Gasteiger partial charge on any atom is 0.296 e. The smallest absolute Gasteiger partial charge is 0.296 e. The number of carbonyl (C=O) groups is 1. The van der Waals surface area contributed by atoms with Crippen molar-refractivity contribution >= 4 is 46.0 Å². The minimum Gasteiger partial charge on any atom is -0.493 e. The van der Waals surface area contributed by atoms with Crippen molar-refractivity contribution in [2.75, 3.05) is 18.6 Å². The number of thiocarbonyl (C=S) groups is 1. The van der Waals surface area contributed by atoms with E-state index in [2.05, 4.69) is 6.92 Å². The highest BCUT2D eigenvalue weighted by molar-refractivity contribution is 8.27. The first kappa shape index (κ1) is 26.8. The number of hydrogen-bond acceptors (Lipinski definition) is 6. The summed E-state index contributed by atoms with van der Waals surface area (Å²) in [5.41, 5.74) is 2.10. The molecule has 4 rings (SSSR count). The van der Waals surface area contributed by atoms with E-state index in [0.29, 0.717) is 38.7 Å². The zero-order chi connectivity index (χ0) is 26.5. The maximum atomic E-state index is 13.5. The molecule has 0 N–H and O–H groups in total. The van der Waals surface area contributed by atoms with Crippen LogP contribution in [0.4, 0.5) is 5.69 Å². The Morgan fingerprint density at radius 1 is 1.03 bits per heavy atom. The monoisotopic (exact) mass is 537 g/mol. The third-order valence-electron chi connectivity index (χ3n) is 6.28. The number of hydrogen-bond donors (Lipinski definition) is 0. The van der Waals surface area contributed by atoms with Gasteiger partial charge < -0.3 is 9.47 Å². The molecule has 0 atom stereocenters. The molecule has 7 nitrogen and oxygen atoms in total. The molecule has 1 saturated heterocycles. The number of nitrogens with zero attached hydrogens (tertiary/aromatic N) is 3. The van der Waals surface area contributed by atoms with Crippen molar-refractivity contribution < 1.29 is 14.3 Å². The summed E-state index contributed by atoms with van der Waals surface area (Å²) >= 11 is 6.73. The van der Waals surface area contributed by atoms with Gasteiger partial charge >= 0.3 is 0 Å². The van der Waals surface area contributed by atoms with Crippen molar-refractivity contribution in [1.29, 1.82) is 0 Å². The minimum absolute atomic E-state index is 0.265. The van der Waals surface area contributed by atoms with Crippen LogP contribution >= 0.6 is 24.0 Å². The van der Waals surface area contributed by atoms with Crippen LogP contribution < -0.4 is 19.9 Å². The highest BCUT2D eigenvalue weighted by Crippen LogP contribution is 2.37. The lowest BCUT2D eigenvalue weighted by atomic mass is 10.1. The highest BCUT2D eigenvalue weighted by atomic mass is 32.2. The fourth-order valence-corrected chi connectivity index (χ4v) is 5.50. The van der Waals surface area contributed by atoms with Gasteiger partial charge in [0.2, 0.25) is 0 Å². The molecule has 0 unspecified atom stereocenters. The largest absolute Gasteiger partial charge is 0.493 e. The van der Waals surface area contributed by atoms with E-state index in [1.54, 1.807) is 29.6 Å². The molecule has 0 spiro atoms. The van der Waals surface area contributed by atoms with Gasteiger partial charge in [0, 0.05) is 7.05 Å². The first-order valence-corrected chi connectivity index (χ1v) is 13.5. The lowest BCUT2D eigenvalue weighted by Crippen LogP contribution is -2.33. The predicted molar refractivity (Wildman–Crippen MR) is 154 cm³/mol. The molecule has 1 fully saturated rings. The summed E-state index contributed by atoms with van der Waals surface area (Å²) in [5.74, 6) is 0.950. The van der Waals surface area contributed by atoms with Gasteiger partial charge in [-0.05, 0) is 49.2 Å². The standard InChI is InChI=1S/C28H31N3O4S2/c1-5-6-7-11-16-35-22-15-14-20(17-23(22)34-4)18-24-26(32)30(28(36)37-24)25-19(2)29(3)31(27(25)33)21-12-9-8-10-13-21/h8-10,12-15,17-18H,5-7,11,16H2,1-4H3/b24-18+. The summed E-state index contributed by atoms with van der Waals surface area (Å²) < 4.78 is 15.0. The number of benzene rings is 2. The van der Waals surface area contributed by atoms with Crippen molar-refractivity contribution in [2.45, 2.75) is 39.5 Å². The molecule has 2 aromatic carbocycles. The first-order chi connectivity index (χ1) is 17.9. The highest BCUT2D eigenvalue weighted by Gasteiger charge is 2.37. The lowest BCUT2D eigenvalue weighted by Gasteiger charge is -2.12. The number of unbranched alkanes of at least 4 members (excludes halogenated alkanes) is 3. The Bertz CT molecular complexity index is 1390. The number of amides is 1. The molecule has 37 heavy (non-hydrogen) atoms. The normalized spacial score (nSPS) is 14.6. The van der Waals surface area contributed by atoms with E-state index in [1.807, 2.05) is 55.5 Å². The van der Waals surface area contributed by atoms with E-state index in [9.17, 15) is 9.59 Å². The molecule has 1 aromatic heterocycles. The third kappa shape index (κ3) is 5.52. The van der Waals surface area contributed by atoms with E-state index in [4.69, 9.17) is 21.7 Å². The maximum absolute atomic E-state index is 13.5. The number of thioether (sulfide) groups is 1. The van der Waals surface area contributed by atoms with E-state index >= 15 is 0 Å². The topological polar surface area (TPSA) is 65.7 Å². The van der Waals surface area contributed by atoms with Crippen molar-refractivity contribution in [3.8, 4) is 17.2 Å². The summed E-state index contributed by atoms with van der Waals surface area (Å²) in [7, 11) is 3.39. The SMILES string of the molecule is CCCCCCOc1ccc(/C=C2/SC(=S)N(c3c(C)n(C)n(-c4ccccc4)c3=O)C2=O)cc1OC. The van der Waals surface area contributed by atoms with Crippen molar-refractivity contribution in [3.63, 3.8) is 0 Å². The molecule has 1 aliphatic rings. The number of carbonyl (C=O) groups excluding carboxylic acids is 1. The molecular formula is C28H31N3O4S2. The number of methoxy groups -OCH3 is 1. The number of rotatable bonds is 10. The lowest BCUT2D eigenvalue weighted by molar-refractivity contribution is -0.113. The summed E-state index contributed by atoms with van der Waals surface area (Å²) in [6.07, 6.45) is 6.26. The molecule has 0 radical (unpaired) electrons. The molecule has 2 heterocycles. The van der Waals surface area contributed by atoms with Crippen molar-refractivity contribution in [3.05, 3.63) is 75.0 Å². The third-order valence-corrected chi connectivity index (χ3v) is 7.58. The first-order valence-electron chi connectivity index (χ1n) is 12.3. The average Bonchev–Trinajstić information content (AvgIpc) is 3.29. The van der Waals surface area contributed by atoms with Crippen molar-refractivity contribution in [1.82, 2.24) is 9.36 Å². The molecule has 1 aliphatic heterocycles. The van der Waals surface area contributed by atoms with Crippen LogP contribution in [-0.2, 0) is 11.8 Å². The Balaban J connectivity index is 1.59. The van der Waals surface area contributed by atoms with Crippen LogP contribution in [0.25, 0.3) is 11.8 Å². The van der Waals surface area contributed by atoms with Gasteiger partial charge in [-0.3, -0.25) is 19.2 Å². The molecule has 1 amide bonds. The minimum atomic E-state index is -0.323. The number of ether oxygens (including phenoxy) is 2. The predicted octanol–water partition coefficient (Wildman–Crippen LogP) is 5.86. The van der Waals surface area contributed by atoms with E-state index in [1.165, 1.54) is 29.5 Å². The Morgan fingerprint density at radius 3 is 2.49 bits per heavy atom. The second kappa shape index (κ2) is 11.8. The summed E-state index contributed by atoms with van der Waals surface area (Å²) in [5, 5.41) is 0. The number of para-hydroxylation sites is 1. The van der Waals surface area contributed by atoms with Crippen molar-refractivity contribution in [2.24, 2.45) is 7.05 Å². The van der Waals surface area contributed by atoms with Crippen LogP contribution in [0.3, 0.4) is 0 Å². The second-order valence-corrected chi connectivity index (χ2v) is 10.4. The van der Waals surface area contributed by atoms with Gasteiger partial charge in [0.05, 0.1) is 30.0 Å². The van der Waals surface area contributed by atoms with Gasteiger partial charge in [0.15, 0.2) is 15.8 Å². The van der Waals surface area contributed by atoms with E-state index in [0.717, 1.165) is 18.4 Å². The molecule has 0 saturated carbocycles. The zero-order valence-electron chi connectivity index (χ0n) is 21.5. The van der Waals surface area contributed by atoms with Crippen LogP contribution in [-0.4, -0.2) is 33.3 Å². The van der Waals surface area contributed by atoms with Gasteiger partial charge in [-0.25, -0.2) is 4.68 Å². The van der Waals surface area contributed by atoms with Crippen LogP contribution in [0.15, 0.2) is 58.2 Å². The zero-order valence-corrected chi connectivity index (χ0v) is 23.2. The summed E-state index contributed by atoms with van der Waals surface area (Å²) in [6.45, 7) is 4.62. The molecular weight excluding hydrogens is 506 g/mol. The van der Waals surface area contributed by atoms with Crippen LogP contribution in [0.1, 0.15) is 43.9 Å². The quantitative estimate of drug-likeness (QED) is 0.183. The van der Waals surface area contributed by atoms with Gasteiger partial charge in [0.25, 0.3) is 11.5 Å². The Labute approximate surface area is 226 Å². The van der Waals surface area contributed by atoms with Gasteiger partial charge in [-0.1, -0.05) is 74.4 Å². The molecule has 0 aliphatic carbocycles. The van der Waals surface area contributed by atoms with Gasteiger partial charge in [0.1, 0.15) is 5.69 Å². The molecule has 194 valence electrons. The van der Waals surface area contributed by atoms with Crippen LogP contribution in [0.5, 0.6) is 11.5 Å². The van der Waals surface area contributed by atoms with Crippen LogP contribution in [0, 0.1) is 6.92 Å². The molecule has 9 heteroatoms. The number of aromatic nitrogens is 2. The van der Waals surface area contributed by atoms with E-state index in [-0.39, 0.29) is 17.2 Å². The molecule has 3 aromatic rings. The number of anilines is 1. The summed E-state index contributed by atoms with van der Waals surface area (Å²) in [6, 6.07) is 14.9. The Morgan fingerprint density at radius 2 is 1.78 bits per heavy atom. The second-order valence-electron chi connectivity index (χ2n) is 8.75. The van der Waals surface area contributed by atoms with E-state index < -0.39 is 0 Å². The fraction of sp³-hybridized carbons (Fsp3) is 0.321. The Kier molecular flexibility index (Phi) is 8.56. The van der Waals surface area contributed by atoms with Crippen LogP contribution in [0.2, 0.25) is 0 Å². The Hall–Kier alpha value is -3.30. The summed E-state index contributed by atoms with van der Waals surface area (Å²) in [4.78, 5) is 28.7. The fourth-order valence-electron chi connectivity index (χ4n) is 4.23. The van der Waals surface area contributed by atoms with Gasteiger partial charge in [-0.2, -0.15) is 0 Å². The average molecular weight is 538 g/mol. The van der Waals surface area contributed by atoms with Gasteiger partial charge in [-0.15, -0.1) is 0 Å². The molecule has 0 bridgehead atoms.